The highest BCUT2D eigenvalue weighted by Gasteiger charge is 2.20. The number of esters is 1. The Kier molecular flexibility index (Phi) is 6.02. The van der Waals surface area contributed by atoms with Gasteiger partial charge in [-0.2, -0.15) is 5.10 Å². The Hall–Kier alpha value is -3.61. The summed E-state index contributed by atoms with van der Waals surface area (Å²) in [5, 5.41) is 7.28. The van der Waals surface area contributed by atoms with Crippen molar-refractivity contribution in [1.82, 2.24) is 15.1 Å². The van der Waals surface area contributed by atoms with Crippen molar-refractivity contribution in [2.75, 3.05) is 19.8 Å². The minimum atomic E-state index is -0.392. The number of carbonyl (C=O) groups is 2. The molecule has 2 heterocycles. The maximum atomic E-state index is 12.6. The van der Waals surface area contributed by atoms with Crippen LogP contribution in [0.4, 0.5) is 0 Å². The van der Waals surface area contributed by atoms with Gasteiger partial charge in [0.25, 0.3) is 5.91 Å². The van der Waals surface area contributed by atoms with Gasteiger partial charge in [0.1, 0.15) is 11.3 Å². The topological polar surface area (TPSA) is 82.5 Å². The highest BCUT2D eigenvalue weighted by Crippen LogP contribution is 2.26. The van der Waals surface area contributed by atoms with E-state index in [1.807, 2.05) is 37.3 Å². The smallest absolute Gasteiger partial charge is 0.341 e. The lowest BCUT2D eigenvalue weighted by Crippen LogP contribution is -2.34. The van der Waals surface area contributed by atoms with Crippen molar-refractivity contribution in [2.45, 2.75) is 20.3 Å². The van der Waals surface area contributed by atoms with Crippen molar-refractivity contribution < 1.29 is 19.1 Å². The molecule has 0 aliphatic carbocycles. The Bertz CT molecular complexity index is 1090. The molecule has 1 aliphatic rings. The van der Waals surface area contributed by atoms with Crippen LogP contribution in [0.15, 0.2) is 54.7 Å². The number of aromatic nitrogens is 2. The number of amides is 1. The van der Waals surface area contributed by atoms with Gasteiger partial charge in [0.15, 0.2) is 0 Å². The van der Waals surface area contributed by atoms with Gasteiger partial charge >= 0.3 is 5.97 Å². The van der Waals surface area contributed by atoms with Crippen LogP contribution in [0.25, 0.3) is 5.69 Å². The molecule has 1 N–H and O–H groups in total. The highest BCUT2D eigenvalue weighted by atomic mass is 16.5. The Morgan fingerprint density at radius 2 is 1.97 bits per heavy atom. The van der Waals surface area contributed by atoms with Gasteiger partial charge in [0.05, 0.1) is 30.8 Å². The van der Waals surface area contributed by atoms with Gasteiger partial charge in [-0.3, -0.25) is 4.79 Å². The average molecular weight is 419 g/mol. The summed E-state index contributed by atoms with van der Waals surface area (Å²) in [5.74, 6) is 0.651. The minimum Gasteiger partial charge on any atom is -0.493 e. The molecule has 0 saturated heterocycles. The van der Waals surface area contributed by atoms with Crippen molar-refractivity contribution >= 4 is 11.9 Å². The lowest BCUT2D eigenvalue weighted by atomic mass is 9.96. The zero-order valence-electron chi connectivity index (χ0n) is 17.6. The molecular formula is C24H25N3O4. The molecule has 31 heavy (non-hydrogen) atoms. The Morgan fingerprint density at radius 3 is 2.74 bits per heavy atom. The molecule has 0 bridgehead atoms. The molecule has 1 atom stereocenters. The van der Waals surface area contributed by atoms with E-state index >= 15 is 0 Å². The third-order valence-electron chi connectivity index (χ3n) is 5.39. The van der Waals surface area contributed by atoms with Gasteiger partial charge in [-0.25, -0.2) is 9.48 Å². The van der Waals surface area contributed by atoms with Crippen LogP contribution in [0, 0.1) is 12.8 Å². The van der Waals surface area contributed by atoms with Crippen molar-refractivity contribution in [3.63, 3.8) is 0 Å². The van der Waals surface area contributed by atoms with Crippen molar-refractivity contribution in [2.24, 2.45) is 5.92 Å². The van der Waals surface area contributed by atoms with Crippen LogP contribution >= 0.6 is 0 Å². The normalized spacial score (nSPS) is 15.0. The number of nitrogens with one attached hydrogen (secondary N) is 1. The van der Waals surface area contributed by atoms with E-state index in [-0.39, 0.29) is 11.8 Å². The van der Waals surface area contributed by atoms with E-state index < -0.39 is 5.97 Å². The minimum absolute atomic E-state index is 0.130. The number of carbonyl (C=O) groups excluding carboxylic acids is 2. The second-order valence-electron chi connectivity index (χ2n) is 7.52. The molecule has 0 saturated carbocycles. The molecule has 0 radical (unpaired) electrons. The third kappa shape index (κ3) is 4.45. The Labute approximate surface area is 181 Å². The number of benzene rings is 2. The molecule has 1 amide bonds. The number of hydrogen-bond donors (Lipinski definition) is 1. The molecule has 0 spiro atoms. The zero-order valence-corrected chi connectivity index (χ0v) is 17.6. The van der Waals surface area contributed by atoms with Gasteiger partial charge in [-0.1, -0.05) is 18.2 Å². The van der Waals surface area contributed by atoms with E-state index in [9.17, 15) is 9.59 Å². The molecule has 1 aromatic heterocycles. The standard InChI is InChI=1S/C24H25N3O4/c1-3-30-24(29)21-14-26-27(16(21)2)20-10-8-18(9-11-20)23(28)25-13-17-12-19-6-4-5-7-22(19)31-15-17/h4-11,14,17H,3,12-13,15H2,1-2H3,(H,25,28). The fourth-order valence-electron chi connectivity index (χ4n) is 3.69. The first-order chi connectivity index (χ1) is 15.1. The third-order valence-corrected chi connectivity index (χ3v) is 5.39. The first-order valence-corrected chi connectivity index (χ1v) is 10.4. The van der Waals surface area contributed by atoms with E-state index in [0.717, 1.165) is 17.9 Å². The monoisotopic (exact) mass is 419 g/mol. The van der Waals surface area contributed by atoms with Gasteiger partial charge in [0, 0.05) is 18.0 Å². The molecule has 4 rings (SSSR count). The second-order valence-corrected chi connectivity index (χ2v) is 7.52. The van der Waals surface area contributed by atoms with Crippen molar-refractivity contribution in [3.05, 3.63) is 77.1 Å². The van der Waals surface area contributed by atoms with Crippen LogP contribution in [0.2, 0.25) is 0 Å². The summed E-state index contributed by atoms with van der Waals surface area (Å²) < 4.78 is 12.5. The number of hydrogen-bond acceptors (Lipinski definition) is 5. The number of fused-ring (bicyclic) bond motifs is 1. The molecule has 2 aromatic carbocycles. The van der Waals surface area contributed by atoms with Crippen LogP contribution in [0.3, 0.4) is 0 Å². The second kappa shape index (κ2) is 9.04. The predicted molar refractivity (Wildman–Crippen MR) is 116 cm³/mol. The van der Waals surface area contributed by atoms with E-state index in [1.54, 1.807) is 23.7 Å². The summed E-state index contributed by atoms with van der Waals surface area (Å²) in [5.41, 5.74) is 3.63. The van der Waals surface area contributed by atoms with Crippen LogP contribution in [-0.2, 0) is 11.2 Å². The molecule has 1 aliphatic heterocycles. The quantitative estimate of drug-likeness (QED) is 0.620. The van der Waals surface area contributed by atoms with E-state index in [2.05, 4.69) is 16.5 Å². The molecule has 7 heteroatoms. The lowest BCUT2D eigenvalue weighted by Gasteiger charge is -2.25. The van der Waals surface area contributed by atoms with Crippen LogP contribution < -0.4 is 10.1 Å². The molecule has 3 aromatic rings. The molecule has 160 valence electrons. The highest BCUT2D eigenvalue weighted by molar-refractivity contribution is 5.94. The molecular weight excluding hydrogens is 394 g/mol. The molecule has 0 fully saturated rings. The van der Waals surface area contributed by atoms with Crippen LogP contribution in [0.5, 0.6) is 5.75 Å². The fraction of sp³-hybridized carbons (Fsp3) is 0.292. The summed E-state index contributed by atoms with van der Waals surface area (Å²) in [6.45, 7) is 5.03. The largest absolute Gasteiger partial charge is 0.493 e. The van der Waals surface area contributed by atoms with Gasteiger partial charge in [-0.15, -0.1) is 0 Å². The lowest BCUT2D eigenvalue weighted by molar-refractivity contribution is 0.0525. The fourth-order valence-corrected chi connectivity index (χ4v) is 3.69. The number of rotatable bonds is 6. The van der Waals surface area contributed by atoms with E-state index in [1.165, 1.54) is 11.8 Å². The van der Waals surface area contributed by atoms with Crippen LogP contribution in [0.1, 0.15) is 38.9 Å². The summed E-state index contributed by atoms with van der Waals surface area (Å²) in [4.78, 5) is 24.6. The van der Waals surface area contributed by atoms with Crippen LogP contribution in [-0.4, -0.2) is 41.4 Å². The first-order valence-electron chi connectivity index (χ1n) is 10.4. The summed E-state index contributed by atoms with van der Waals surface area (Å²) >= 11 is 0. The Morgan fingerprint density at radius 1 is 1.19 bits per heavy atom. The number of ether oxygens (including phenoxy) is 2. The Balaban J connectivity index is 1.37. The SMILES string of the molecule is CCOC(=O)c1cnn(-c2ccc(C(=O)NCC3COc4ccccc4C3)cc2)c1C. The molecule has 1 unspecified atom stereocenters. The molecule has 7 nitrogen and oxygen atoms in total. The summed E-state index contributed by atoms with van der Waals surface area (Å²) in [6.07, 6.45) is 2.38. The predicted octanol–water partition coefficient (Wildman–Crippen LogP) is 3.34. The maximum absolute atomic E-state index is 12.6. The van der Waals surface area contributed by atoms with Gasteiger partial charge < -0.3 is 14.8 Å². The maximum Gasteiger partial charge on any atom is 0.341 e. The number of para-hydroxylation sites is 1. The average Bonchev–Trinajstić information content (AvgIpc) is 3.19. The first kappa shape index (κ1) is 20.7. The van der Waals surface area contributed by atoms with Gasteiger partial charge in [0.2, 0.25) is 0 Å². The number of nitrogens with zero attached hydrogens (tertiary/aromatic N) is 2. The van der Waals surface area contributed by atoms with Gasteiger partial charge in [-0.05, 0) is 56.2 Å². The summed E-state index contributed by atoms with van der Waals surface area (Å²) in [7, 11) is 0. The van der Waals surface area contributed by atoms with Crippen molar-refractivity contribution in [3.8, 4) is 11.4 Å². The van der Waals surface area contributed by atoms with Crippen molar-refractivity contribution in [1.29, 1.82) is 0 Å². The zero-order chi connectivity index (χ0) is 21.8. The van der Waals surface area contributed by atoms with E-state index in [0.29, 0.717) is 36.6 Å². The summed E-state index contributed by atoms with van der Waals surface area (Å²) in [6, 6.07) is 15.1. The van der Waals surface area contributed by atoms with E-state index in [4.69, 9.17) is 9.47 Å².